The normalized spacial score (nSPS) is 25.8. The van der Waals surface area contributed by atoms with E-state index in [0.717, 1.165) is 17.7 Å². The van der Waals surface area contributed by atoms with Crippen LogP contribution in [0.2, 0.25) is 0 Å². The molecule has 1 aromatic rings. The number of carbonyl (C=O) groups is 1. The molecule has 1 saturated heterocycles. The Hall–Kier alpha value is -1.59. The summed E-state index contributed by atoms with van der Waals surface area (Å²) in [6.07, 6.45) is 0.712. The van der Waals surface area contributed by atoms with Crippen molar-refractivity contribution < 1.29 is 14.3 Å². The van der Waals surface area contributed by atoms with Crippen molar-refractivity contribution in [2.75, 3.05) is 32.8 Å². The van der Waals surface area contributed by atoms with Crippen molar-refractivity contribution in [1.82, 2.24) is 4.90 Å². The van der Waals surface area contributed by atoms with E-state index in [1.54, 1.807) is 0 Å². The zero-order chi connectivity index (χ0) is 13.9. The highest BCUT2D eigenvalue weighted by Gasteiger charge is 2.32. The lowest BCUT2D eigenvalue weighted by Gasteiger charge is -2.35. The van der Waals surface area contributed by atoms with Crippen LogP contribution in [0.5, 0.6) is 5.75 Å². The number of para-hydroxylation sites is 1. The quantitative estimate of drug-likeness (QED) is 0.850. The monoisotopic (exact) mass is 276 g/mol. The van der Waals surface area contributed by atoms with E-state index >= 15 is 0 Å². The number of fused-ring (bicyclic) bond motifs is 1. The molecule has 1 amide bonds. The van der Waals surface area contributed by atoms with E-state index in [4.69, 9.17) is 15.2 Å². The van der Waals surface area contributed by atoms with E-state index in [-0.39, 0.29) is 17.9 Å². The molecule has 2 N–H and O–H groups in total. The molecular weight excluding hydrogens is 256 g/mol. The fourth-order valence-electron chi connectivity index (χ4n) is 2.81. The molecule has 2 aliphatic rings. The molecule has 1 aromatic carbocycles. The third-order valence-electron chi connectivity index (χ3n) is 3.94. The molecular formula is C15H20N2O3. The molecule has 1 fully saturated rings. The van der Waals surface area contributed by atoms with Crippen LogP contribution in [0, 0.1) is 5.92 Å². The average Bonchev–Trinajstić information content (AvgIpc) is 2.53. The van der Waals surface area contributed by atoms with Gasteiger partial charge in [0, 0.05) is 19.6 Å². The summed E-state index contributed by atoms with van der Waals surface area (Å²) in [7, 11) is 0. The molecule has 2 aliphatic heterocycles. The largest absolute Gasteiger partial charge is 0.492 e. The molecule has 0 unspecified atom stereocenters. The zero-order valence-electron chi connectivity index (χ0n) is 11.5. The summed E-state index contributed by atoms with van der Waals surface area (Å²) in [5.74, 6) is 0.959. The first kappa shape index (κ1) is 13.4. The number of carbonyl (C=O) groups excluding carboxylic acids is 1. The number of rotatable bonds is 2. The van der Waals surface area contributed by atoms with Gasteiger partial charge >= 0.3 is 0 Å². The maximum Gasteiger partial charge on any atom is 0.229 e. The second kappa shape index (κ2) is 5.81. The van der Waals surface area contributed by atoms with Crippen molar-refractivity contribution in [2.45, 2.75) is 12.5 Å². The number of morpholine rings is 1. The first-order valence-electron chi connectivity index (χ1n) is 7.09. The van der Waals surface area contributed by atoms with E-state index in [0.29, 0.717) is 32.8 Å². The van der Waals surface area contributed by atoms with Gasteiger partial charge in [0.2, 0.25) is 5.91 Å². The second-order valence-corrected chi connectivity index (χ2v) is 5.33. The van der Waals surface area contributed by atoms with Gasteiger partial charge in [-0.25, -0.2) is 0 Å². The van der Waals surface area contributed by atoms with Gasteiger partial charge in [-0.15, -0.1) is 0 Å². The van der Waals surface area contributed by atoms with Crippen LogP contribution in [0.4, 0.5) is 0 Å². The lowest BCUT2D eigenvalue weighted by Crippen LogP contribution is -2.51. The molecule has 2 atom stereocenters. The SMILES string of the molecule is NC[C@H]1CN(C(=O)[C@@H]2COc3ccccc3C2)CCO1. The number of ether oxygens (including phenoxy) is 2. The molecule has 0 bridgehead atoms. The predicted molar refractivity (Wildman–Crippen MR) is 74.5 cm³/mol. The molecule has 3 rings (SSSR count). The molecule has 0 aliphatic carbocycles. The smallest absolute Gasteiger partial charge is 0.229 e. The molecule has 5 heteroatoms. The van der Waals surface area contributed by atoms with Gasteiger partial charge in [-0.05, 0) is 18.1 Å². The Morgan fingerprint density at radius 3 is 3.10 bits per heavy atom. The van der Waals surface area contributed by atoms with Crippen molar-refractivity contribution >= 4 is 5.91 Å². The van der Waals surface area contributed by atoms with Crippen LogP contribution < -0.4 is 10.5 Å². The molecule has 0 aromatic heterocycles. The fraction of sp³-hybridized carbons (Fsp3) is 0.533. The minimum absolute atomic E-state index is 0.0375. The molecule has 0 radical (unpaired) electrons. The van der Waals surface area contributed by atoms with Crippen molar-refractivity contribution in [3.63, 3.8) is 0 Å². The summed E-state index contributed by atoms with van der Waals surface area (Å²) < 4.78 is 11.2. The van der Waals surface area contributed by atoms with Crippen molar-refractivity contribution in [1.29, 1.82) is 0 Å². The Bertz CT molecular complexity index is 492. The summed E-state index contributed by atoms with van der Waals surface area (Å²) in [6, 6.07) is 7.91. The first-order chi connectivity index (χ1) is 9.78. The Labute approximate surface area is 118 Å². The van der Waals surface area contributed by atoms with Gasteiger partial charge in [-0.2, -0.15) is 0 Å². The Morgan fingerprint density at radius 1 is 1.40 bits per heavy atom. The number of benzene rings is 1. The van der Waals surface area contributed by atoms with Crippen molar-refractivity contribution in [3.05, 3.63) is 29.8 Å². The average molecular weight is 276 g/mol. The highest BCUT2D eigenvalue weighted by molar-refractivity contribution is 5.80. The third-order valence-corrected chi connectivity index (χ3v) is 3.94. The Morgan fingerprint density at radius 2 is 2.25 bits per heavy atom. The lowest BCUT2D eigenvalue weighted by atomic mass is 9.95. The summed E-state index contributed by atoms with van der Waals surface area (Å²) in [6.45, 7) is 2.72. The Balaban J connectivity index is 1.67. The van der Waals surface area contributed by atoms with E-state index in [2.05, 4.69) is 0 Å². The molecule has 108 valence electrons. The first-order valence-corrected chi connectivity index (χ1v) is 7.09. The second-order valence-electron chi connectivity index (χ2n) is 5.33. The fourth-order valence-corrected chi connectivity index (χ4v) is 2.81. The topological polar surface area (TPSA) is 64.8 Å². The maximum atomic E-state index is 12.6. The van der Waals surface area contributed by atoms with Crippen LogP contribution in [-0.4, -0.2) is 49.8 Å². The van der Waals surface area contributed by atoms with Gasteiger partial charge in [0.05, 0.1) is 18.6 Å². The summed E-state index contributed by atoms with van der Waals surface area (Å²) in [4.78, 5) is 14.4. The zero-order valence-corrected chi connectivity index (χ0v) is 11.5. The standard InChI is InChI=1S/C15H20N2O3/c16-8-13-9-17(5-6-19-13)15(18)12-7-11-3-1-2-4-14(11)20-10-12/h1-4,12-13H,5-10,16H2/t12-,13-/m0/s1. The Kier molecular flexibility index (Phi) is 3.89. The number of hydrogen-bond acceptors (Lipinski definition) is 4. The van der Waals surface area contributed by atoms with Gasteiger partial charge in [0.15, 0.2) is 0 Å². The van der Waals surface area contributed by atoms with Crippen molar-refractivity contribution in [3.8, 4) is 5.75 Å². The maximum absolute atomic E-state index is 12.6. The molecule has 0 saturated carbocycles. The molecule has 2 heterocycles. The highest BCUT2D eigenvalue weighted by Crippen LogP contribution is 2.28. The van der Waals surface area contributed by atoms with Gasteiger partial charge < -0.3 is 20.1 Å². The number of nitrogens with zero attached hydrogens (tertiary/aromatic N) is 1. The van der Waals surface area contributed by atoms with E-state index < -0.39 is 0 Å². The molecule has 0 spiro atoms. The van der Waals surface area contributed by atoms with Gasteiger partial charge in [-0.3, -0.25) is 4.79 Å². The minimum atomic E-state index is -0.0959. The van der Waals surface area contributed by atoms with Crippen LogP contribution in [0.15, 0.2) is 24.3 Å². The van der Waals surface area contributed by atoms with E-state index in [9.17, 15) is 4.79 Å². The van der Waals surface area contributed by atoms with Crippen LogP contribution in [0.1, 0.15) is 5.56 Å². The molecule has 20 heavy (non-hydrogen) atoms. The van der Waals surface area contributed by atoms with Crippen molar-refractivity contribution in [2.24, 2.45) is 11.7 Å². The minimum Gasteiger partial charge on any atom is -0.492 e. The lowest BCUT2D eigenvalue weighted by molar-refractivity contribution is -0.144. The highest BCUT2D eigenvalue weighted by atomic mass is 16.5. The third kappa shape index (κ3) is 2.64. The van der Waals surface area contributed by atoms with Crippen LogP contribution >= 0.6 is 0 Å². The van der Waals surface area contributed by atoms with E-state index in [1.807, 2.05) is 29.2 Å². The summed E-state index contributed by atoms with van der Waals surface area (Å²) >= 11 is 0. The van der Waals surface area contributed by atoms with Crippen LogP contribution in [0.25, 0.3) is 0 Å². The van der Waals surface area contributed by atoms with Gasteiger partial charge in [0.25, 0.3) is 0 Å². The van der Waals surface area contributed by atoms with Gasteiger partial charge in [-0.1, -0.05) is 18.2 Å². The van der Waals surface area contributed by atoms with Gasteiger partial charge in [0.1, 0.15) is 12.4 Å². The predicted octanol–water partition coefficient (Wildman–Crippen LogP) is 0.424. The summed E-state index contributed by atoms with van der Waals surface area (Å²) in [5, 5.41) is 0. The summed E-state index contributed by atoms with van der Waals surface area (Å²) in [5.41, 5.74) is 6.73. The molecule has 5 nitrogen and oxygen atoms in total. The number of nitrogens with two attached hydrogens (primary N) is 1. The van der Waals surface area contributed by atoms with Crippen LogP contribution in [0.3, 0.4) is 0 Å². The van der Waals surface area contributed by atoms with E-state index in [1.165, 1.54) is 0 Å². The van der Waals surface area contributed by atoms with Crippen LogP contribution in [-0.2, 0) is 16.0 Å². The number of amides is 1. The number of hydrogen-bond donors (Lipinski definition) is 1.